The minimum absolute atomic E-state index is 0.0981. The van der Waals surface area contributed by atoms with E-state index in [4.69, 9.17) is 14.2 Å². The van der Waals surface area contributed by atoms with Gasteiger partial charge in [-0.2, -0.15) is 0 Å². The summed E-state index contributed by atoms with van der Waals surface area (Å²) in [5, 5.41) is 0. The number of ether oxygens (including phenoxy) is 3. The fourth-order valence-corrected chi connectivity index (χ4v) is 8.30. The van der Waals surface area contributed by atoms with Crippen LogP contribution in [-0.2, 0) is 28.6 Å². The summed E-state index contributed by atoms with van der Waals surface area (Å²) in [6.45, 7) is 6.50. The number of allylic oxidation sites excluding steroid dienone is 12. The Bertz CT molecular complexity index is 1290. The van der Waals surface area contributed by atoms with Crippen LogP contribution in [-0.4, -0.2) is 37.2 Å². The molecule has 0 saturated heterocycles. The van der Waals surface area contributed by atoms with E-state index in [2.05, 4.69) is 93.7 Å². The van der Waals surface area contributed by atoms with E-state index in [1.807, 2.05) is 0 Å². The van der Waals surface area contributed by atoms with E-state index in [-0.39, 0.29) is 37.5 Å². The number of hydrogen-bond donors (Lipinski definition) is 0. The molecule has 0 aliphatic rings. The van der Waals surface area contributed by atoms with Crippen molar-refractivity contribution in [3.8, 4) is 0 Å². The van der Waals surface area contributed by atoms with Crippen molar-refractivity contribution in [2.75, 3.05) is 13.2 Å². The zero-order chi connectivity index (χ0) is 50.0. The van der Waals surface area contributed by atoms with Gasteiger partial charge in [0.1, 0.15) is 13.2 Å². The van der Waals surface area contributed by atoms with Crippen molar-refractivity contribution in [2.45, 2.75) is 297 Å². The highest BCUT2D eigenvalue weighted by Gasteiger charge is 2.19. The van der Waals surface area contributed by atoms with Gasteiger partial charge < -0.3 is 14.2 Å². The summed E-state index contributed by atoms with van der Waals surface area (Å²) in [4.78, 5) is 38.2. The molecule has 0 amide bonds. The molecule has 0 aliphatic carbocycles. The van der Waals surface area contributed by atoms with E-state index in [1.165, 1.54) is 161 Å². The first-order valence-corrected chi connectivity index (χ1v) is 29.4. The molecular formula is C63H110O6. The molecule has 0 aromatic carbocycles. The third kappa shape index (κ3) is 55.6. The maximum atomic E-state index is 12.8. The first kappa shape index (κ1) is 65.8. The Kier molecular flexibility index (Phi) is 54.8. The highest BCUT2D eigenvalue weighted by atomic mass is 16.6. The molecule has 0 fully saturated rings. The van der Waals surface area contributed by atoms with E-state index in [0.717, 1.165) is 83.5 Å². The van der Waals surface area contributed by atoms with Crippen LogP contribution in [0.5, 0.6) is 0 Å². The van der Waals surface area contributed by atoms with Crippen molar-refractivity contribution in [2.24, 2.45) is 0 Å². The van der Waals surface area contributed by atoms with E-state index >= 15 is 0 Å². The van der Waals surface area contributed by atoms with Crippen molar-refractivity contribution in [3.05, 3.63) is 72.9 Å². The SMILES string of the molecule is CC/C=C\C/C=C\C/C=C\C/C=C\C/C=C\CCCC(=O)OC(COC(=O)CCCCCCC/C=C\CCCCCCCCCCC)COC(=O)CCCCCCCCCCCCCCCCCC. The maximum absolute atomic E-state index is 12.8. The zero-order valence-corrected chi connectivity index (χ0v) is 45.6. The maximum Gasteiger partial charge on any atom is 0.306 e. The predicted molar refractivity (Wildman–Crippen MR) is 298 cm³/mol. The van der Waals surface area contributed by atoms with Gasteiger partial charge in [0.05, 0.1) is 0 Å². The first-order valence-electron chi connectivity index (χ1n) is 29.4. The second-order valence-electron chi connectivity index (χ2n) is 19.5. The molecule has 0 aliphatic heterocycles. The lowest BCUT2D eigenvalue weighted by Crippen LogP contribution is -2.30. The monoisotopic (exact) mass is 963 g/mol. The van der Waals surface area contributed by atoms with Gasteiger partial charge in [0.25, 0.3) is 0 Å². The van der Waals surface area contributed by atoms with Crippen LogP contribution >= 0.6 is 0 Å². The lowest BCUT2D eigenvalue weighted by atomic mass is 10.0. The second-order valence-corrected chi connectivity index (χ2v) is 19.5. The molecule has 0 radical (unpaired) electrons. The Hall–Kier alpha value is -3.15. The van der Waals surface area contributed by atoms with E-state index in [0.29, 0.717) is 19.3 Å². The standard InChI is InChI=1S/C63H110O6/c1-4-7-10-13-16-19-22-25-28-31-33-35-38-41-44-47-50-53-56-62(65)68-59-60(58-67-61(64)55-52-49-46-43-40-37-34-30-27-24-21-18-15-12-9-6-3)69-63(66)57-54-51-48-45-42-39-36-32-29-26-23-20-17-14-11-8-5-2/h8,11,17,20,26,29,33,35-36,39,45,48,60H,4-7,9-10,12-16,18-19,21-25,27-28,30-32,34,37-38,40-44,46-47,49-59H2,1-3H3/b11-8-,20-17-,29-26-,35-33-,39-36-,48-45-. The molecule has 1 unspecified atom stereocenters. The minimum atomic E-state index is -0.807. The number of rotatable bonds is 53. The number of hydrogen-bond acceptors (Lipinski definition) is 6. The van der Waals surface area contributed by atoms with Crippen LogP contribution in [0.4, 0.5) is 0 Å². The van der Waals surface area contributed by atoms with Crippen molar-refractivity contribution in [1.29, 1.82) is 0 Å². The predicted octanol–water partition coefficient (Wildman–Crippen LogP) is 19.8. The fourth-order valence-electron chi connectivity index (χ4n) is 8.30. The molecule has 398 valence electrons. The van der Waals surface area contributed by atoms with E-state index in [9.17, 15) is 14.4 Å². The van der Waals surface area contributed by atoms with Crippen LogP contribution < -0.4 is 0 Å². The molecule has 6 nitrogen and oxygen atoms in total. The van der Waals surface area contributed by atoms with Gasteiger partial charge in [-0.05, 0) is 83.5 Å². The van der Waals surface area contributed by atoms with Gasteiger partial charge in [-0.1, -0.05) is 261 Å². The number of esters is 3. The molecule has 69 heavy (non-hydrogen) atoms. The number of carbonyl (C=O) groups excluding carboxylic acids is 3. The van der Waals surface area contributed by atoms with Crippen LogP contribution in [0.3, 0.4) is 0 Å². The zero-order valence-electron chi connectivity index (χ0n) is 45.6. The minimum Gasteiger partial charge on any atom is -0.462 e. The Morgan fingerprint density at radius 2 is 0.580 bits per heavy atom. The summed E-state index contributed by atoms with van der Waals surface area (Å²) < 4.78 is 16.8. The third-order valence-electron chi connectivity index (χ3n) is 12.7. The smallest absolute Gasteiger partial charge is 0.306 e. The summed E-state index contributed by atoms with van der Waals surface area (Å²) in [5.74, 6) is -0.954. The van der Waals surface area contributed by atoms with Gasteiger partial charge >= 0.3 is 17.9 Å². The fraction of sp³-hybridized carbons (Fsp3) is 0.762. The van der Waals surface area contributed by atoms with Crippen molar-refractivity contribution < 1.29 is 28.6 Å². The van der Waals surface area contributed by atoms with Crippen LogP contribution in [0, 0.1) is 0 Å². The molecular weight excluding hydrogens is 853 g/mol. The Morgan fingerprint density at radius 1 is 0.304 bits per heavy atom. The molecule has 0 bridgehead atoms. The molecule has 6 heteroatoms. The van der Waals surface area contributed by atoms with Crippen molar-refractivity contribution >= 4 is 17.9 Å². The summed E-state index contributed by atoms with van der Waals surface area (Å²) >= 11 is 0. The largest absolute Gasteiger partial charge is 0.462 e. The molecule has 1 atom stereocenters. The normalized spacial score (nSPS) is 12.6. The molecule has 0 aromatic rings. The lowest BCUT2D eigenvalue weighted by Gasteiger charge is -2.18. The van der Waals surface area contributed by atoms with Gasteiger partial charge in [-0.25, -0.2) is 0 Å². The van der Waals surface area contributed by atoms with Gasteiger partial charge in [-0.15, -0.1) is 0 Å². The summed E-state index contributed by atoms with van der Waals surface area (Å²) in [5.41, 5.74) is 0. The van der Waals surface area contributed by atoms with Crippen LogP contribution in [0.2, 0.25) is 0 Å². The third-order valence-corrected chi connectivity index (χ3v) is 12.7. The van der Waals surface area contributed by atoms with Crippen LogP contribution in [0.15, 0.2) is 72.9 Å². The van der Waals surface area contributed by atoms with Crippen molar-refractivity contribution in [3.63, 3.8) is 0 Å². The summed E-state index contributed by atoms with van der Waals surface area (Å²) in [6.07, 6.45) is 73.3. The number of unbranched alkanes of at least 4 members (excludes halogenated alkanes) is 30. The first-order chi connectivity index (χ1) is 34.0. The summed E-state index contributed by atoms with van der Waals surface area (Å²) in [7, 11) is 0. The van der Waals surface area contributed by atoms with Crippen LogP contribution in [0.25, 0.3) is 0 Å². The van der Waals surface area contributed by atoms with E-state index in [1.54, 1.807) is 0 Å². The molecule has 0 heterocycles. The molecule has 0 N–H and O–H groups in total. The van der Waals surface area contributed by atoms with Crippen molar-refractivity contribution in [1.82, 2.24) is 0 Å². The highest BCUT2D eigenvalue weighted by Crippen LogP contribution is 2.16. The van der Waals surface area contributed by atoms with Crippen LogP contribution in [0.1, 0.15) is 290 Å². The Morgan fingerprint density at radius 3 is 0.942 bits per heavy atom. The average molecular weight is 964 g/mol. The molecule has 0 aromatic heterocycles. The Labute approximate surface area is 427 Å². The number of carbonyl (C=O) groups is 3. The van der Waals surface area contributed by atoms with Gasteiger partial charge in [0.15, 0.2) is 6.10 Å². The molecule has 0 saturated carbocycles. The van der Waals surface area contributed by atoms with Gasteiger partial charge in [0, 0.05) is 19.3 Å². The summed E-state index contributed by atoms with van der Waals surface area (Å²) in [6, 6.07) is 0. The topological polar surface area (TPSA) is 78.9 Å². The average Bonchev–Trinajstić information content (AvgIpc) is 3.35. The molecule has 0 rings (SSSR count). The van der Waals surface area contributed by atoms with E-state index < -0.39 is 6.10 Å². The second kappa shape index (κ2) is 57.4. The van der Waals surface area contributed by atoms with Gasteiger partial charge in [-0.3, -0.25) is 14.4 Å². The lowest BCUT2D eigenvalue weighted by molar-refractivity contribution is -0.167. The highest BCUT2D eigenvalue weighted by molar-refractivity contribution is 5.71. The molecule has 0 spiro atoms. The van der Waals surface area contributed by atoms with Gasteiger partial charge in [0.2, 0.25) is 0 Å². The Balaban J connectivity index is 4.45. The quantitative estimate of drug-likeness (QED) is 0.0262.